The van der Waals surface area contributed by atoms with Gasteiger partial charge in [-0.15, -0.1) is 0 Å². The third-order valence-corrected chi connectivity index (χ3v) is 4.92. The van der Waals surface area contributed by atoms with E-state index in [0.717, 1.165) is 35.4 Å². The molecule has 8 heteroatoms. The molecule has 2 N–H and O–H groups in total. The fourth-order valence-corrected chi connectivity index (χ4v) is 3.40. The summed E-state index contributed by atoms with van der Waals surface area (Å²) >= 11 is 0. The normalized spacial score (nSPS) is 17.2. The van der Waals surface area contributed by atoms with Crippen molar-refractivity contribution >= 4 is 22.8 Å². The van der Waals surface area contributed by atoms with E-state index in [2.05, 4.69) is 20.2 Å². The number of imidazole rings is 1. The Balaban J connectivity index is 1.51. The van der Waals surface area contributed by atoms with Crippen LogP contribution in [0.25, 0.3) is 11.0 Å². The van der Waals surface area contributed by atoms with Gasteiger partial charge in [-0.3, -0.25) is 9.13 Å². The number of benzene rings is 1. The number of aromatic nitrogens is 4. The van der Waals surface area contributed by atoms with Gasteiger partial charge < -0.3 is 15.3 Å². The molecule has 0 aliphatic carbocycles. The van der Waals surface area contributed by atoms with Crippen LogP contribution in [0.3, 0.4) is 0 Å². The number of nitrogens with zero attached hydrogens (tertiary/aromatic N) is 5. The topological polar surface area (TPSA) is 88.2 Å². The minimum Gasteiger partial charge on any atom is -0.391 e. The van der Waals surface area contributed by atoms with Gasteiger partial charge in [0.1, 0.15) is 5.82 Å². The molecule has 8 nitrogen and oxygen atoms in total. The minimum atomic E-state index is -0.286. The lowest BCUT2D eigenvalue weighted by Crippen LogP contribution is -2.22. The van der Waals surface area contributed by atoms with Crippen LogP contribution in [0.15, 0.2) is 35.3 Å². The van der Waals surface area contributed by atoms with Crippen LogP contribution in [-0.4, -0.2) is 43.4 Å². The van der Waals surface area contributed by atoms with Gasteiger partial charge >= 0.3 is 5.69 Å². The van der Waals surface area contributed by atoms with E-state index in [-0.39, 0.29) is 11.8 Å². The molecule has 0 amide bonds. The highest BCUT2D eigenvalue weighted by Crippen LogP contribution is 2.19. The molecule has 2 aromatic heterocycles. The molecular weight excluding hydrogens is 332 g/mol. The summed E-state index contributed by atoms with van der Waals surface area (Å²) in [6.45, 7) is 1.97. The van der Waals surface area contributed by atoms with E-state index >= 15 is 0 Å². The van der Waals surface area contributed by atoms with E-state index in [4.69, 9.17) is 0 Å². The predicted molar refractivity (Wildman–Crippen MR) is 100 cm³/mol. The van der Waals surface area contributed by atoms with E-state index in [1.165, 1.54) is 0 Å². The van der Waals surface area contributed by atoms with Gasteiger partial charge in [0.15, 0.2) is 0 Å². The Morgan fingerprint density at radius 2 is 2.04 bits per heavy atom. The van der Waals surface area contributed by atoms with Crippen LogP contribution in [0.1, 0.15) is 12.0 Å². The molecule has 4 rings (SSSR count). The smallest absolute Gasteiger partial charge is 0.328 e. The van der Waals surface area contributed by atoms with Crippen molar-refractivity contribution < 1.29 is 5.11 Å². The van der Waals surface area contributed by atoms with E-state index in [1.807, 2.05) is 24.3 Å². The Bertz CT molecular complexity index is 1010. The van der Waals surface area contributed by atoms with Gasteiger partial charge in [-0.2, -0.15) is 4.98 Å². The lowest BCUT2D eigenvalue weighted by Gasteiger charge is -2.17. The maximum absolute atomic E-state index is 12.0. The Kier molecular flexibility index (Phi) is 4.12. The van der Waals surface area contributed by atoms with Gasteiger partial charge in [0.2, 0.25) is 5.95 Å². The molecule has 136 valence electrons. The lowest BCUT2D eigenvalue weighted by molar-refractivity contribution is 0.198. The van der Waals surface area contributed by atoms with Crippen molar-refractivity contribution in [1.29, 1.82) is 0 Å². The van der Waals surface area contributed by atoms with Crippen LogP contribution < -0.4 is 15.9 Å². The van der Waals surface area contributed by atoms with Crippen molar-refractivity contribution in [2.45, 2.75) is 19.1 Å². The van der Waals surface area contributed by atoms with Crippen LogP contribution in [0.2, 0.25) is 0 Å². The van der Waals surface area contributed by atoms with Crippen LogP contribution in [0.4, 0.5) is 11.8 Å². The largest absolute Gasteiger partial charge is 0.391 e. The maximum Gasteiger partial charge on any atom is 0.328 e. The fourth-order valence-electron chi connectivity index (χ4n) is 3.40. The van der Waals surface area contributed by atoms with Crippen LogP contribution in [-0.2, 0) is 20.6 Å². The molecule has 0 saturated carbocycles. The molecular formula is C18H22N6O2. The second-order valence-corrected chi connectivity index (χ2v) is 6.70. The molecule has 1 saturated heterocycles. The summed E-state index contributed by atoms with van der Waals surface area (Å²) in [6, 6.07) is 7.81. The van der Waals surface area contributed by atoms with Gasteiger partial charge in [0.05, 0.1) is 17.1 Å². The van der Waals surface area contributed by atoms with Gasteiger partial charge in [0.25, 0.3) is 0 Å². The van der Waals surface area contributed by atoms with Gasteiger partial charge in [-0.25, -0.2) is 9.78 Å². The number of anilines is 2. The number of nitrogens with one attached hydrogen (secondary N) is 1. The highest BCUT2D eigenvalue weighted by atomic mass is 16.3. The fraction of sp³-hybridized carbons (Fsp3) is 0.389. The van der Waals surface area contributed by atoms with Crippen molar-refractivity contribution in [3.05, 3.63) is 46.5 Å². The Labute approximate surface area is 150 Å². The first kappa shape index (κ1) is 16.6. The Morgan fingerprint density at radius 3 is 2.81 bits per heavy atom. The van der Waals surface area contributed by atoms with Crippen LogP contribution in [0, 0.1) is 0 Å². The lowest BCUT2D eigenvalue weighted by atomic mass is 10.2. The molecule has 26 heavy (non-hydrogen) atoms. The average Bonchev–Trinajstić information content (AvgIpc) is 3.18. The second kappa shape index (κ2) is 6.45. The second-order valence-electron chi connectivity index (χ2n) is 6.70. The first-order valence-corrected chi connectivity index (χ1v) is 8.67. The van der Waals surface area contributed by atoms with Crippen molar-refractivity contribution in [1.82, 2.24) is 19.1 Å². The zero-order chi connectivity index (χ0) is 18.3. The minimum absolute atomic E-state index is 0.0334. The molecule has 3 heterocycles. The van der Waals surface area contributed by atoms with E-state index in [0.29, 0.717) is 19.0 Å². The number of β-amino-alcohol motifs (C(OH)–C–C–N with tert-alkyl or cyclic N) is 1. The number of aliphatic hydroxyl groups is 1. The SMILES string of the molecule is Cn1c(=O)n(C)c2cc(CNc3nccc(N4CC[C@@H](O)C4)n3)ccc21. The van der Waals surface area contributed by atoms with Gasteiger partial charge in [0, 0.05) is 39.9 Å². The summed E-state index contributed by atoms with van der Waals surface area (Å²) < 4.78 is 3.29. The predicted octanol–water partition coefficient (Wildman–Crippen LogP) is 0.850. The third kappa shape index (κ3) is 2.92. The molecule has 3 aromatic rings. The first-order chi connectivity index (χ1) is 12.5. The summed E-state index contributed by atoms with van der Waals surface area (Å²) in [5.74, 6) is 1.37. The van der Waals surface area contributed by atoms with Crippen molar-refractivity contribution in [3.8, 4) is 0 Å². The molecule has 0 spiro atoms. The molecule has 0 radical (unpaired) electrons. The van der Waals surface area contributed by atoms with E-state index < -0.39 is 0 Å². The number of fused-ring (bicyclic) bond motifs is 1. The van der Waals surface area contributed by atoms with Crippen LogP contribution >= 0.6 is 0 Å². The highest BCUT2D eigenvalue weighted by molar-refractivity contribution is 5.76. The zero-order valence-electron chi connectivity index (χ0n) is 14.9. The first-order valence-electron chi connectivity index (χ1n) is 8.67. The number of hydrogen-bond acceptors (Lipinski definition) is 6. The molecule has 1 aliphatic heterocycles. The Hall–Kier alpha value is -2.87. The molecule has 0 bridgehead atoms. The molecule has 0 unspecified atom stereocenters. The summed E-state index contributed by atoms with van der Waals surface area (Å²) in [7, 11) is 3.55. The molecule has 1 aliphatic rings. The zero-order valence-corrected chi connectivity index (χ0v) is 14.9. The average molecular weight is 354 g/mol. The van der Waals surface area contributed by atoms with Crippen molar-refractivity contribution in [2.75, 3.05) is 23.3 Å². The molecule has 1 atom stereocenters. The number of hydrogen-bond donors (Lipinski definition) is 2. The summed E-state index contributed by atoms with van der Waals surface area (Å²) in [4.78, 5) is 22.9. The van der Waals surface area contributed by atoms with E-state index in [9.17, 15) is 9.90 Å². The highest BCUT2D eigenvalue weighted by Gasteiger charge is 2.21. The number of aliphatic hydroxyl groups excluding tert-OH is 1. The number of aryl methyl sites for hydroxylation is 2. The van der Waals surface area contributed by atoms with Crippen LogP contribution in [0.5, 0.6) is 0 Å². The van der Waals surface area contributed by atoms with Crippen molar-refractivity contribution in [3.63, 3.8) is 0 Å². The standard InChI is InChI=1S/C18H22N6O2/c1-22-14-4-3-12(9-15(14)23(2)18(22)26)10-20-17-19-7-5-16(21-17)24-8-6-13(25)11-24/h3-5,7,9,13,25H,6,8,10-11H2,1-2H3,(H,19,20,21)/t13-/m1/s1. The summed E-state index contributed by atoms with van der Waals surface area (Å²) in [6.07, 6.45) is 2.20. The van der Waals surface area contributed by atoms with E-state index in [1.54, 1.807) is 29.4 Å². The molecule has 1 aromatic carbocycles. The summed E-state index contributed by atoms with van der Waals surface area (Å²) in [5.41, 5.74) is 2.82. The Morgan fingerprint density at radius 1 is 1.23 bits per heavy atom. The van der Waals surface area contributed by atoms with Crippen molar-refractivity contribution in [2.24, 2.45) is 14.1 Å². The van der Waals surface area contributed by atoms with Gasteiger partial charge in [-0.05, 0) is 30.2 Å². The number of rotatable bonds is 4. The third-order valence-electron chi connectivity index (χ3n) is 4.92. The maximum atomic E-state index is 12.0. The summed E-state index contributed by atoms with van der Waals surface area (Å²) in [5, 5.41) is 12.9. The monoisotopic (exact) mass is 354 g/mol. The van der Waals surface area contributed by atoms with Gasteiger partial charge in [-0.1, -0.05) is 6.07 Å². The quantitative estimate of drug-likeness (QED) is 0.722. The molecule has 1 fully saturated rings.